The minimum Gasteiger partial charge on any atom is -0.481 e. The molecule has 0 amide bonds. The first kappa shape index (κ1) is 12.1. The van der Waals surface area contributed by atoms with Crippen LogP contribution in [0.5, 0.6) is 0 Å². The van der Waals surface area contributed by atoms with Crippen LogP contribution in [0.4, 0.5) is 4.39 Å². The first-order valence-electron chi connectivity index (χ1n) is 4.74. The third kappa shape index (κ3) is 3.33. The lowest BCUT2D eigenvalue weighted by molar-refractivity contribution is -0.136. The molecule has 1 atom stereocenters. The summed E-state index contributed by atoms with van der Waals surface area (Å²) in [6.45, 7) is 0.127. The molecule has 2 N–H and O–H groups in total. The fourth-order valence-corrected chi connectivity index (χ4v) is 1.26. The maximum atomic E-state index is 13.3. The van der Waals surface area contributed by atoms with Crippen LogP contribution in [-0.2, 0) is 4.79 Å². The average Bonchev–Trinajstić information content (AvgIpc) is 2.25. The summed E-state index contributed by atoms with van der Waals surface area (Å²) < 4.78 is 13.3. The van der Waals surface area contributed by atoms with Crippen molar-refractivity contribution in [1.29, 1.82) is 5.26 Å². The van der Waals surface area contributed by atoms with Crippen LogP contribution in [0.15, 0.2) is 24.3 Å². The smallest absolute Gasteiger partial charge is 0.304 e. The second kappa shape index (κ2) is 5.83. The number of aliphatic carboxylic acids is 1. The number of carboxylic acids is 1. The number of rotatable bonds is 5. The normalized spacial score (nSPS) is 11.8. The molecular weight excluding hydrogens is 211 g/mol. The van der Waals surface area contributed by atoms with E-state index in [1.165, 1.54) is 18.2 Å². The minimum absolute atomic E-state index is 0.105. The van der Waals surface area contributed by atoms with Gasteiger partial charge >= 0.3 is 5.97 Å². The number of nitrogens with one attached hydrogen (secondary N) is 1. The molecule has 0 radical (unpaired) electrons. The largest absolute Gasteiger partial charge is 0.481 e. The molecule has 0 saturated heterocycles. The van der Waals surface area contributed by atoms with Gasteiger partial charge in [-0.2, -0.15) is 5.26 Å². The van der Waals surface area contributed by atoms with Crippen molar-refractivity contribution in [2.24, 2.45) is 0 Å². The van der Waals surface area contributed by atoms with Crippen LogP contribution in [0.3, 0.4) is 0 Å². The van der Waals surface area contributed by atoms with Crippen LogP contribution >= 0.6 is 0 Å². The number of hydrogen-bond acceptors (Lipinski definition) is 3. The predicted molar refractivity (Wildman–Crippen MR) is 55.0 cm³/mol. The number of carbonyl (C=O) groups is 1. The van der Waals surface area contributed by atoms with Crippen molar-refractivity contribution in [3.63, 3.8) is 0 Å². The zero-order valence-electron chi connectivity index (χ0n) is 8.48. The lowest BCUT2D eigenvalue weighted by atomic mass is 10.1. The van der Waals surface area contributed by atoms with Crippen molar-refractivity contribution >= 4 is 5.97 Å². The molecule has 0 aliphatic heterocycles. The summed E-state index contributed by atoms with van der Waals surface area (Å²) >= 11 is 0. The zero-order valence-corrected chi connectivity index (χ0v) is 8.48. The van der Waals surface area contributed by atoms with Crippen molar-refractivity contribution in [2.75, 3.05) is 6.54 Å². The standard InChI is InChI=1S/C11H11FN2O2/c12-9-4-2-1-3-8(9)10(7-13)14-6-5-11(15)16/h1-4,10,14H,5-6H2,(H,15,16). The van der Waals surface area contributed by atoms with Crippen LogP contribution in [-0.4, -0.2) is 17.6 Å². The van der Waals surface area contributed by atoms with Crippen molar-refractivity contribution < 1.29 is 14.3 Å². The molecule has 0 aromatic heterocycles. The Morgan fingerprint density at radius 3 is 2.81 bits per heavy atom. The van der Waals surface area contributed by atoms with Crippen LogP contribution in [0.1, 0.15) is 18.0 Å². The molecule has 0 aliphatic carbocycles. The van der Waals surface area contributed by atoms with Gasteiger partial charge in [0.1, 0.15) is 11.9 Å². The molecule has 1 aromatic carbocycles. The van der Waals surface area contributed by atoms with E-state index in [0.29, 0.717) is 0 Å². The molecule has 0 saturated carbocycles. The van der Waals surface area contributed by atoms with Crippen molar-refractivity contribution in [1.82, 2.24) is 5.32 Å². The van der Waals surface area contributed by atoms with Crippen LogP contribution in [0.2, 0.25) is 0 Å². The predicted octanol–water partition coefficient (Wildman–Crippen LogP) is 1.45. The average molecular weight is 222 g/mol. The van der Waals surface area contributed by atoms with Crippen molar-refractivity contribution in [3.8, 4) is 6.07 Å². The van der Waals surface area contributed by atoms with E-state index in [9.17, 15) is 9.18 Å². The van der Waals surface area contributed by atoms with E-state index < -0.39 is 17.8 Å². The molecule has 0 fully saturated rings. The maximum Gasteiger partial charge on any atom is 0.304 e. The number of nitriles is 1. The molecule has 1 rings (SSSR count). The van der Waals surface area contributed by atoms with Crippen LogP contribution < -0.4 is 5.32 Å². The maximum absolute atomic E-state index is 13.3. The molecule has 1 aromatic rings. The number of benzene rings is 1. The third-order valence-electron chi connectivity index (χ3n) is 2.03. The quantitative estimate of drug-likeness (QED) is 0.790. The number of hydrogen-bond donors (Lipinski definition) is 2. The molecule has 0 spiro atoms. The Labute approximate surface area is 92.3 Å². The van der Waals surface area contributed by atoms with Crippen LogP contribution in [0, 0.1) is 17.1 Å². The highest BCUT2D eigenvalue weighted by Gasteiger charge is 2.13. The highest BCUT2D eigenvalue weighted by Crippen LogP contribution is 2.15. The molecular formula is C11H11FN2O2. The Bertz CT molecular complexity index is 415. The summed E-state index contributed by atoms with van der Waals surface area (Å²) in [5.74, 6) is -1.44. The summed E-state index contributed by atoms with van der Waals surface area (Å²) in [6.07, 6.45) is -0.105. The number of halogens is 1. The van der Waals surface area contributed by atoms with Gasteiger partial charge in [-0.15, -0.1) is 0 Å². The van der Waals surface area contributed by atoms with Gasteiger partial charge in [0.25, 0.3) is 0 Å². The van der Waals surface area contributed by atoms with E-state index in [-0.39, 0.29) is 18.5 Å². The fourth-order valence-electron chi connectivity index (χ4n) is 1.26. The summed E-state index contributed by atoms with van der Waals surface area (Å²) in [5, 5.41) is 19.9. The highest BCUT2D eigenvalue weighted by atomic mass is 19.1. The van der Waals surface area contributed by atoms with Crippen LogP contribution in [0.25, 0.3) is 0 Å². The van der Waals surface area contributed by atoms with Gasteiger partial charge in [-0.3, -0.25) is 10.1 Å². The Kier molecular flexibility index (Phi) is 4.42. The molecule has 4 nitrogen and oxygen atoms in total. The molecule has 84 valence electrons. The molecule has 5 heteroatoms. The summed E-state index contributed by atoms with van der Waals surface area (Å²) in [7, 11) is 0. The van der Waals surface area contributed by atoms with Crippen molar-refractivity contribution in [3.05, 3.63) is 35.6 Å². The van der Waals surface area contributed by atoms with Gasteiger partial charge in [0.05, 0.1) is 12.5 Å². The molecule has 0 heterocycles. The van der Waals surface area contributed by atoms with E-state index in [1.54, 1.807) is 6.07 Å². The zero-order chi connectivity index (χ0) is 12.0. The Morgan fingerprint density at radius 2 is 2.25 bits per heavy atom. The van der Waals surface area contributed by atoms with E-state index in [1.807, 2.05) is 6.07 Å². The first-order valence-corrected chi connectivity index (χ1v) is 4.74. The Hall–Kier alpha value is -1.93. The fraction of sp³-hybridized carbons (Fsp3) is 0.273. The van der Waals surface area contributed by atoms with Gasteiger partial charge in [0.2, 0.25) is 0 Å². The lowest BCUT2D eigenvalue weighted by Gasteiger charge is -2.11. The van der Waals surface area contributed by atoms with E-state index >= 15 is 0 Å². The topological polar surface area (TPSA) is 73.1 Å². The SMILES string of the molecule is N#CC(NCCC(=O)O)c1ccccc1F. The Morgan fingerprint density at radius 1 is 1.56 bits per heavy atom. The van der Waals surface area contributed by atoms with Gasteiger partial charge in [-0.05, 0) is 6.07 Å². The van der Waals surface area contributed by atoms with E-state index in [4.69, 9.17) is 10.4 Å². The van der Waals surface area contributed by atoms with E-state index in [2.05, 4.69) is 5.32 Å². The monoisotopic (exact) mass is 222 g/mol. The minimum atomic E-state index is -0.960. The summed E-state index contributed by atoms with van der Waals surface area (Å²) in [5.41, 5.74) is 0.232. The highest BCUT2D eigenvalue weighted by molar-refractivity contribution is 5.66. The van der Waals surface area contributed by atoms with Gasteiger partial charge in [-0.1, -0.05) is 18.2 Å². The lowest BCUT2D eigenvalue weighted by Crippen LogP contribution is -2.23. The van der Waals surface area contributed by atoms with Gasteiger partial charge in [0.15, 0.2) is 0 Å². The Balaban J connectivity index is 2.65. The summed E-state index contributed by atoms with van der Waals surface area (Å²) in [4.78, 5) is 10.3. The molecule has 16 heavy (non-hydrogen) atoms. The van der Waals surface area contributed by atoms with Gasteiger partial charge < -0.3 is 5.11 Å². The summed E-state index contributed by atoms with van der Waals surface area (Å²) in [6, 6.07) is 6.99. The van der Waals surface area contributed by atoms with Gasteiger partial charge in [-0.25, -0.2) is 4.39 Å². The third-order valence-corrected chi connectivity index (χ3v) is 2.03. The molecule has 0 aliphatic rings. The number of nitrogens with zero attached hydrogens (tertiary/aromatic N) is 1. The molecule has 0 bridgehead atoms. The second-order valence-electron chi connectivity index (χ2n) is 3.18. The second-order valence-corrected chi connectivity index (χ2v) is 3.18. The number of carboxylic acid groups (broad SMARTS) is 1. The van der Waals surface area contributed by atoms with E-state index in [0.717, 1.165) is 0 Å². The van der Waals surface area contributed by atoms with Crippen molar-refractivity contribution in [2.45, 2.75) is 12.5 Å². The van der Waals surface area contributed by atoms with Gasteiger partial charge in [0, 0.05) is 12.1 Å². The first-order chi connectivity index (χ1) is 7.65. The molecule has 1 unspecified atom stereocenters.